The molecule has 5 nitrogen and oxygen atoms in total. The first-order chi connectivity index (χ1) is 12.0. The van der Waals surface area contributed by atoms with E-state index in [1.807, 2.05) is 30.3 Å². The van der Waals surface area contributed by atoms with Gasteiger partial charge in [-0.3, -0.25) is 10.1 Å². The number of hydrogen-bond acceptors (Lipinski definition) is 4. The van der Waals surface area contributed by atoms with E-state index in [-0.39, 0.29) is 17.0 Å². The summed E-state index contributed by atoms with van der Waals surface area (Å²) in [6.07, 6.45) is 0. The Labute approximate surface area is 141 Å². The second-order valence-corrected chi connectivity index (χ2v) is 5.63. The van der Waals surface area contributed by atoms with Gasteiger partial charge in [0, 0.05) is 22.4 Å². The number of pyridine rings is 1. The van der Waals surface area contributed by atoms with E-state index in [0.717, 1.165) is 11.5 Å². The molecule has 0 saturated heterocycles. The van der Waals surface area contributed by atoms with Crippen molar-refractivity contribution in [2.24, 2.45) is 0 Å². The van der Waals surface area contributed by atoms with Crippen LogP contribution in [-0.2, 0) is 0 Å². The summed E-state index contributed by atoms with van der Waals surface area (Å²) in [5.41, 5.74) is 1.49. The van der Waals surface area contributed by atoms with Crippen LogP contribution in [-0.4, -0.2) is 15.0 Å². The molecular formula is C19H11FN2O3. The van der Waals surface area contributed by atoms with Gasteiger partial charge in [-0.15, -0.1) is 0 Å². The lowest BCUT2D eigenvalue weighted by molar-refractivity contribution is -0.385. The molecule has 0 aliphatic carbocycles. The second-order valence-electron chi connectivity index (χ2n) is 5.63. The van der Waals surface area contributed by atoms with Gasteiger partial charge in [0.05, 0.1) is 16.5 Å². The summed E-state index contributed by atoms with van der Waals surface area (Å²) < 4.78 is 14.5. The Kier molecular flexibility index (Phi) is 3.32. The first kappa shape index (κ1) is 15.0. The van der Waals surface area contributed by atoms with Crippen LogP contribution in [0.1, 0.15) is 0 Å². The zero-order chi connectivity index (χ0) is 17.6. The van der Waals surface area contributed by atoms with E-state index in [2.05, 4.69) is 4.98 Å². The van der Waals surface area contributed by atoms with Gasteiger partial charge in [-0.1, -0.05) is 18.2 Å². The first-order valence-electron chi connectivity index (χ1n) is 7.50. The van der Waals surface area contributed by atoms with Crippen molar-refractivity contribution in [2.75, 3.05) is 0 Å². The standard InChI is InChI=1S/C19H11FN2O3/c20-16-10-12(22(24)25)5-6-14(16)13-7-8-18(23)19-15(13)9-11-3-1-2-4-17(11)21-19/h1-10,23H. The Balaban J connectivity index is 2.03. The number of aromatic nitrogens is 1. The molecular weight excluding hydrogens is 323 g/mol. The van der Waals surface area contributed by atoms with Gasteiger partial charge in [-0.05, 0) is 35.9 Å². The summed E-state index contributed by atoms with van der Waals surface area (Å²) in [5, 5.41) is 22.4. The number of nitrogens with zero attached hydrogens (tertiary/aromatic N) is 2. The molecule has 1 heterocycles. The number of halogens is 1. The highest BCUT2D eigenvalue weighted by molar-refractivity contribution is 6.03. The normalized spacial score (nSPS) is 11.1. The molecule has 1 N–H and O–H groups in total. The molecule has 122 valence electrons. The van der Waals surface area contributed by atoms with Gasteiger partial charge < -0.3 is 5.11 Å². The number of rotatable bonds is 2. The van der Waals surface area contributed by atoms with E-state index in [0.29, 0.717) is 22.0 Å². The number of nitro benzene ring substituents is 1. The Morgan fingerprint density at radius 1 is 1.00 bits per heavy atom. The lowest BCUT2D eigenvalue weighted by Gasteiger charge is -2.10. The lowest BCUT2D eigenvalue weighted by Crippen LogP contribution is -1.93. The van der Waals surface area contributed by atoms with Gasteiger partial charge in [-0.25, -0.2) is 9.37 Å². The predicted molar refractivity (Wildman–Crippen MR) is 93.0 cm³/mol. The molecule has 25 heavy (non-hydrogen) atoms. The number of non-ortho nitro benzene ring substituents is 1. The van der Waals surface area contributed by atoms with Gasteiger partial charge in [0.1, 0.15) is 17.1 Å². The number of hydrogen-bond donors (Lipinski definition) is 1. The molecule has 0 atom stereocenters. The lowest BCUT2D eigenvalue weighted by atomic mass is 9.98. The zero-order valence-corrected chi connectivity index (χ0v) is 12.8. The van der Waals surface area contributed by atoms with Crippen LogP contribution in [0.15, 0.2) is 60.7 Å². The van der Waals surface area contributed by atoms with Crippen LogP contribution in [0.2, 0.25) is 0 Å². The SMILES string of the molecule is O=[N+]([O-])c1ccc(-c2ccc(O)c3nc4ccccc4cc23)c(F)c1. The molecule has 0 unspecified atom stereocenters. The Hall–Kier alpha value is -3.54. The van der Waals surface area contributed by atoms with Gasteiger partial charge in [0.2, 0.25) is 0 Å². The maximum absolute atomic E-state index is 14.5. The maximum Gasteiger partial charge on any atom is 0.272 e. The van der Waals surface area contributed by atoms with Crippen LogP contribution < -0.4 is 0 Å². The molecule has 1 aromatic heterocycles. The number of nitro groups is 1. The topological polar surface area (TPSA) is 76.3 Å². The number of para-hydroxylation sites is 1. The Morgan fingerprint density at radius 3 is 2.52 bits per heavy atom. The quantitative estimate of drug-likeness (QED) is 0.324. The molecule has 0 radical (unpaired) electrons. The van der Waals surface area contributed by atoms with Crippen molar-refractivity contribution in [3.8, 4) is 16.9 Å². The summed E-state index contributed by atoms with van der Waals surface area (Å²) in [4.78, 5) is 14.6. The Morgan fingerprint density at radius 2 is 1.76 bits per heavy atom. The molecule has 6 heteroatoms. The van der Waals surface area contributed by atoms with E-state index in [4.69, 9.17) is 0 Å². The van der Waals surface area contributed by atoms with Gasteiger partial charge >= 0.3 is 0 Å². The monoisotopic (exact) mass is 334 g/mol. The zero-order valence-electron chi connectivity index (χ0n) is 12.8. The van der Waals surface area contributed by atoms with Crippen molar-refractivity contribution in [1.29, 1.82) is 0 Å². The third kappa shape index (κ3) is 2.44. The van der Waals surface area contributed by atoms with Crippen molar-refractivity contribution in [3.05, 3.63) is 76.6 Å². The average molecular weight is 334 g/mol. The van der Waals surface area contributed by atoms with Crippen LogP contribution in [0.3, 0.4) is 0 Å². The minimum absolute atomic E-state index is 0.00757. The third-order valence-electron chi connectivity index (χ3n) is 4.12. The highest BCUT2D eigenvalue weighted by Gasteiger charge is 2.16. The number of aromatic hydroxyl groups is 1. The molecule has 3 aromatic carbocycles. The number of phenolic OH excluding ortho intramolecular Hbond substituents is 1. The summed E-state index contributed by atoms with van der Waals surface area (Å²) >= 11 is 0. The van der Waals surface area contributed by atoms with E-state index in [1.54, 1.807) is 6.07 Å². The average Bonchev–Trinajstić information content (AvgIpc) is 2.61. The number of benzene rings is 3. The van der Waals surface area contributed by atoms with E-state index in [9.17, 15) is 19.6 Å². The fourth-order valence-corrected chi connectivity index (χ4v) is 2.92. The van der Waals surface area contributed by atoms with Gasteiger partial charge in [-0.2, -0.15) is 0 Å². The second kappa shape index (κ2) is 5.52. The van der Waals surface area contributed by atoms with Crippen molar-refractivity contribution >= 4 is 27.5 Å². The van der Waals surface area contributed by atoms with Crippen LogP contribution in [0.5, 0.6) is 5.75 Å². The highest BCUT2D eigenvalue weighted by Crippen LogP contribution is 2.36. The van der Waals surface area contributed by atoms with Gasteiger partial charge in [0.25, 0.3) is 5.69 Å². The molecule has 4 aromatic rings. The molecule has 0 bridgehead atoms. The minimum atomic E-state index is -0.700. The summed E-state index contributed by atoms with van der Waals surface area (Å²) in [6.45, 7) is 0. The van der Waals surface area contributed by atoms with Crippen molar-refractivity contribution in [2.45, 2.75) is 0 Å². The van der Waals surface area contributed by atoms with Crippen LogP contribution >= 0.6 is 0 Å². The van der Waals surface area contributed by atoms with Crippen molar-refractivity contribution in [3.63, 3.8) is 0 Å². The fraction of sp³-hybridized carbons (Fsp3) is 0. The summed E-state index contributed by atoms with van der Waals surface area (Å²) in [7, 11) is 0. The molecule has 0 fully saturated rings. The summed E-state index contributed by atoms with van der Waals surface area (Å²) in [5.74, 6) is -0.707. The first-order valence-corrected chi connectivity index (χ1v) is 7.50. The molecule has 0 saturated carbocycles. The smallest absolute Gasteiger partial charge is 0.272 e. The molecule has 0 spiro atoms. The van der Waals surface area contributed by atoms with E-state index >= 15 is 0 Å². The third-order valence-corrected chi connectivity index (χ3v) is 4.12. The highest BCUT2D eigenvalue weighted by atomic mass is 19.1. The number of phenols is 1. The van der Waals surface area contributed by atoms with Crippen molar-refractivity contribution in [1.82, 2.24) is 4.98 Å². The van der Waals surface area contributed by atoms with Crippen LogP contribution in [0.4, 0.5) is 10.1 Å². The fourth-order valence-electron chi connectivity index (χ4n) is 2.92. The van der Waals surface area contributed by atoms with Crippen LogP contribution in [0, 0.1) is 15.9 Å². The minimum Gasteiger partial charge on any atom is -0.506 e. The molecule has 0 amide bonds. The summed E-state index contributed by atoms with van der Waals surface area (Å²) in [6, 6.07) is 15.8. The predicted octanol–water partition coefficient (Wildman–Crippen LogP) is 4.81. The number of fused-ring (bicyclic) bond motifs is 2. The molecule has 0 aliphatic rings. The molecule has 4 rings (SSSR count). The Bertz CT molecular complexity index is 1160. The van der Waals surface area contributed by atoms with Crippen molar-refractivity contribution < 1.29 is 14.4 Å². The van der Waals surface area contributed by atoms with E-state index in [1.165, 1.54) is 18.2 Å². The van der Waals surface area contributed by atoms with Crippen LogP contribution in [0.25, 0.3) is 32.9 Å². The molecule has 0 aliphatic heterocycles. The maximum atomic E-state index is 14.5. The van der Waals surface area contributed by atoms with Gasteiger partial charge in [0.15, 0.2) is 0 Å². The van der Waals surface area contributed by atoms with E-state index < -0.39 is 10.7 Å². The largest absolute Gasteiger partial charge is 0.506 e.